The van der Waals surface area contributed by atoms with Crippen LogP contribution in [0.4, 0.5) is 0 Å². The summed E-state index contributed by atoms with van der Waals surface area (Å²) in [5, 5.41) is 5.45. The van der Waals surface area contributed by atoms with Crippen LogP contribution in [-0.4, -0.2) is 45.2 Å². The highest BCUT2D eigenvalue weighted by Gasteiger charge is 2.26. The molecule has 1 aliphatic heterocycles. The predicted octanol–water partition coefficient (Wildman–Crippen LogP) is 5.37. The molecule has 0 bridgehead atoms. The van der Waals surface area contributed by atoms with Crippen molar-refractivity contribution in [2.45, 2.75) is 50.5 Å². The molecule has 3 aromatic heterocycles. The molecule has 156 valence electrons. The molecule has 30 heavy (non-hydrogen) atoms. The summed E-state index contributed by atoms with van der Waals surface area (Å²) in [4.78, 5) is 17.4. The van der Waals surface area contributed by atoms with Gasteiger partial charge in [-0.15, -0.1) is 11.8 Å². The van der Waals surface area contributed by atoms with E-state index in [-0.39, 0.29) is 0 Å². The Kier molecular flexibility index (Phi) is 6.16. The molecule has 4 heterocycles. The summed E-state index contributed by atoms with van der Waals surface area (Å²) >= 11 is 3.63. The molecule has 0 saturated carbocycles. The lowest BCUT2D eigenvalue weighted by Gasteiger charge is -2.26. The summed E-state index contributed by atoms with van der Waals surface area (Å²) in [6.07, 6.45) is 8.98. The van der Waals surface area contributed by atoms with Crippen LogP contribution in [0.2, 0.25) is 0 Å². The van der Waals surface area contributed by atoms with Crippen LogP contribution in [0, 0.1) is 6.92 Å². The Bertz CT molecular complexity index is 1010. The maximum atomic E-state index is 5.03. The number of aromatic nitrogens is 3. The van der Waals surface area contributed by atoms with Gasteiger partial charge in [0, 0.05) is 24.8 Å². The van der Waals surface area contributed by atoms with Crippen LogP contribution < -0.4 is 0 Å². The van der Waals surface area contributed by atoms with E-state index in [4.69, 9.17) is 15.0 Å². The number of rotatable bonds is 7. The van der Waals surface area contributed by atoms with Crippen molar-refractivity contribution in [3.63, 3.8) is 0 Å². The zero-order chi connectivity index (χ0) is 20.3. The van der Waals surface area contributed by atoms with Crippen molar-refractivity contribution < 1.29 is 0 Å². The molecule has 2 aliphatic rings. The van der Waals surface area contributed by atoms with Crippen LogP contribution in [0.3, 0.4) is 0 Å². The van der Waals surface area contributed by atoms with Gasteiger partial charge in [-0.25, -0.2) is 9.97 Å². The fraction of sp³-hybridized carbons (Fsp3) is 0.458. The number of thiophene rings is 1. The van der Waals surface area contributed by atoms with Crippen molar-refractivity contribution in [3.05, 3.63) is 57.3 Å². The maximum Gasteiger partial charge on any atom is 0.134 e. The van der Waals surface area contributed by atoms with E-state index in [1.165, 1.54) is 67.6 Å². The molecule has 0 aromatic carbocycles. The van der Waals surface area contributed by atoms with E-state index in [2.05, 4.69) is 34.7 Å². The van der Waals surface area contributed by atoms with E-state index in [1.807, 2.05) is 18.0 Å². The van der Waals surface area contributed by atoms with E-state index in [1.54, 1.807) is 11.3 Å². The molecule has 1 aliphatic carbocycles. The first-order valence-corrected chi connectivity index (χ1v) is 12.9. The highest BCUT2D eigenvalue weighted by Crippen LogP contribution is 2.40. The van der Waals surface area contributed by atoms with Crippen molar-refractivity contribution >= 4 is 23.1 Å². The van der Waals surface area contributed by atoms with E-state index >= 15 is 0 Å². The highest BCUT2D eigenvalue weighted by atomic mass is 32.2. The first-order chi connectivity index (χ1) is 14.8. The molecule has 0 amide bonds. The van der Waals surface area contributed by atoms with Gasteiger partial charge in [-0.3, -0.25) is 4.98 Å². The molecular weight excluding hydrogens is 408 g/mol. The Balaban J connectivity index is 1.36. The van der Waals surface area contributed by atoms with E-state index in [9.17, 15) is 0 Å². The zero-order valence-corrected chi connectivity index (χ0v) is 19.2. The summed E-state index contributed by atoms with van der Waals surface area (Å²) in [7, 11) is 0. The van der Waals surface area contributed by atoms with Gasteiger partial charge in [-0.05, 0) is 79.3 Å². The molecule has 5 rings (SSSR count). The van der Waals surface area contributed by atoms with Gasteiger partial charge in [-0.1, -0.05) is 12.5 Å². The summed E-state index contributed by atoms with van der Waals surface area (Å²) in [6, 6.07) is 4.43. The van der Waals surface area contributed by atoms with Crippen molar-refractivity contribution in [2.75, 3.05) is 25.4 Å². The Hall–Kier alpha value is -1.76. The Morgan fingerprint density at radius 2 is 2.07 bits per heavy atom. The second kappa shape index (κ2) is 9.16. The number of thioether (sulfide) groups is 1. The topological polar surface area (TPSA) is 41.9 Å². The highest BCUT2D eigenvalue weighted by molar-refractivity contribution is 7.99. The fourth-order valence-electron chi connectivity index (χ4n) is 4.47. The van der Waals surface area contributed by atoms with Crippen molar-refractivity contribution in [1.82, 2.24) is 19.9 Å². The lowest BCUT2D eigenvalue weighted by atomic mass is 10.1. The molecule has 0 atom stereocenters. The zero-order valence-electron chi connectivity index (χ0n) is 17.6. The van der Waals surface area contributed by atoms with Gasteiger partial charge in [0.2, 0.25) is 0 Å². The molecule has 1 saturated heterocycles. The fourth-order valence-corrected chi connectivity index (χ4v) is 6.13. The number of hydrogen-bond donors (Lipinski definition) is 0. The molecule has 4 nitrogen and oxygen atoms in total. The summed E-state index contributed by atoms with van der Waals surface area (Å²) in [5.74, 6) is 2.04. The van der Waals surface area contributed by atoms with Crippen molar-refractivity contribution in [1.29, 1.82) is 0 Å². The summed E-state index contributed by atoms with van der Waals surface area (Å²) in [5.41, 5.74) is 7.23. The van der Waals surface area contributed by atoms with Gasteiger partial charge in [0.15, 0.2) is 0 Å². The minimum Gasteiger partial charge on any atom is -0.303 e. The van der Waals surface area contributed by atoms with E-state index in [0.717, 1.165) is 40.8 Å². The van der Waals surface area contributed by atoms with Crippen LogP contribution in [-0.2, 0) is 12.8 Å². The largest absolute Gasteiger partial charge is 0.303 e. The van der Waals surface area contributed by atoms with Gasteiger partial charge in [0.1, 0.15) is 10.9 Å². The van der Waals surface area contributed by atoms with Crippen LogP contribution in [0.1, 0.15) is 53.9 Å². The van der Waals surface area contributed by atoms with Gasteiger partial charge < -0.3 is 4.90 Å². The molecule has 1 fully saturated rings. The number of pyridine rings is 1. The molecule has 0 spiro atoms. The average Bonchev–Trinajstić information content (AvgIpc) is 3.38. The van der Waals surface area contributed by atoms with Crippen molar-refractivity contribution in [3.8, 4) is 11.3 Å². The Morgan fingerprint density at radius 1 is 1.17 bits per heavy atom. The maximum absolute atomic E-state index is 5.03. The Morgan fingerprint density at radius 3 is 2.90 bits per heavy atom. The first kappa shape index (κ1) is 20.2. The quantitative estimate of drug-likeness (QED) is 0.221. The van der Waals surface area contributed by atoms with Gasteiger partial charge in [0.05, 0.1) is 17.0 Å². The van der Waals surface area contributed by atoms with Crippen LogP contribution >= 0.6 is 23.1 Å². The lowest BCUT2D eigenvalue weighted by molar-refractivity contribution is 0.230. The van der Waals surface area contributed by atoms with Gasteiger partial charge >= 0.3 is 0 Å². The second-order valence-electron chi connectivity index (χ2n) is 8.38. The predicted molar refractivity (Wildman–Crippen MR) is 126 cm³/mol. The van der Waals surface area contributed by atoms with Crippen LogP contribution in [0.15, 0.2) is 34.1 Å². The normalized spacial score (nSPS) is 15.9. The average molecular weight is 437 g/mol. The van der Waals surface area contributed by atoms with Gasteiger partial charge in [-0.2, -0.15) is 11.3 Å². The standard InChI is InChI=1S/C24H28N4S2/c1-17-12-19-14-20-22(23(19)25-15-17)24(27-21(26-20)13-18-6-11-29-16-18)30-10-5-9-28-7-3-2-4-8-28/h6,11-12,15-16H,2-5,7-10,13-14H2,1H3. The third kappa shape index (κ3) is 4.46. The second-order valence-corrected chi connectivity index (χ2v) is 10.2. The number of fused-ring (bicyclic) bond motifs is 3. The first-order valence-electron chi connectivity index (χ1n) is 11.0. The van der Waals surface area contributed by atoms with Crippen LogP contribution in [0.25, 0.3) is 11.3 Å². The monoisotopic (exact) mass is 436 g/mol. The number of piperidine rings is 1. The summed E-state index contributed by atoms with van der Waals surface area (Å²) in [6.45, 7) is 5.86. The smallest absolute Gasteiger partial charge is 0.134 e. The molecule has 3 aromatic rings. The molecule has 0 N–H and O–H groups in total. The SMILES string of the molecule is Cc1cnc2c(c1)Cc1nc(Cc3ccsc3)nc(SCCCN3CCCCC3)c1-2. The number of aryl methyl sites for hydroxylation is 1. The third-order valence-electron chi connectivity index (χ3n) is 5.94. The molecule has 6 heteroatoms. The van der Waals surface area contributed by atoms with Crippen molar-refractivity contribution in [2.24, 2.45) is 0 Å². The minimum atomic E-state index is 0.806. The third-order valence-corrected chi connectivity index (χ3v) is 7.74. The van der Waals surface area contributed by atoms with Gasteiger partial charge in [0.25, 0.3) is 0 Å². The lowest BCUT2D eigenvalue weighted by Crippen LogP contribution is -2.30. The van der Waals surface area contributed by atoms with Crippen LogP contribution in [0.5, 0.6) is 0 Å². The molecule has 0 radical (unpaired) electrons. The molecule has 0 unspecified atom stereocenters. The number of likely N-dealkylation sites (tertiary alicyclic amines) is 1. The number of nitrogens with zero attached hydrogens (tertiary/aromatic N) is 4. The summed E-state index contributed by atoms with van der Waals surface area (Å²) < 4.78 is 0. The molecular formula is C24H28N4S2. The van der Waals surface area contributed by atoms with E-state index in [0.29, 0.717) is 0 Å². The minimum absolute atomic E-state index is 0.806. The Labute approximate surface area is 187 Å². The number of hydrogen-bond acceptors (Lipinski definition) is 6. The van der Waals surface area contributed by atoms with E-state index < -0.39 is 0 Å².